The molecule has 2 aromatic carbocycles. The fourth-order valence-electron chi connectivity index (χ4n) is 2.77. The van der Waals surface area contributed by atoms with Crippen molar-refractivity contribution in [1.29, 1.82) is 0 Å². The average molecular weight is 447 g/mol. The van der Waals surface area contributed by atoms with E-state index in [1.54, 1.807) is 12.1 Å². The van der Waals surface area contributed by atoms with Gasteiger partial charge in [0.1, 0.15) is 41.2 Å². The number of nitrogens with zero attached hydrogens (tertiary/aromatic N) is 1. The Balaban J connectivity index is 1.45. The molecule has 5 nitrogen and oxygen atoms in total. The van der Waals surface area contributed by atoms with Crippen molar-refractivity contribution < 1.29 is 22.7 Å². The van der Waals surface area contributed by atoms with Crippen LogP contribution < -0.4 is 15.0 Å². The van der Waals surface area contributed by atoms with Crippen LogP contribution in [0.25, 0.3) is 6.08 Å². The van der Waals surface area contributed by atoms with Gasteiger partial charge in [-0.05, 0) is 60.7 Å². The van der Waals surface area contributed by atoms with Crippen LogP contribution in [0.5, 0.6) is 5.75 Å². The Kier molecular flexibility index (Phi) is 5.52. The SMILES string of the molecule is O=C1/C(=C\c2ccc(COc3ccc(F)c(Cl)c3)o2)NC(=S)N1c1ccc(F)cc1. The van der Waals surface area contributed by atoms with E-state index in [0.29, 0.717) is 23.0 Å². The summed E-state index contributed by atoms with van der Waals surface area (Å²) in [6, 6.07) is 12.8. The van der Waals surface area contributed by atoms with E-state index in [9.17, 15) is 13.6 Å². The number of ether oxygens (including phenoxy) is 1. The third kappa shape index (κ3) is 4.19. The van der Waals surface area contributed by atoms with Gasteiger partial charge in [-0.25, -0.2) is 8.78 Å². The first-order valence-electron chi connectivity index (χ1n) is 8.70. The van der Waals surface area contributed by atoms with Crippen LogP contribution in [0, 0.1) is 11.6 Å². The molecule has 1 N–H and O–H groups in total. The summed E-state index contributed by atoms with van der Waals surface area (Å²) in [5.41, 5.74) is 0.672. The number of amides is 1. The van der Waals surface area contributed by atoms with E-state index < -0.39 is 11.6 Å². The molecule has 0 unspecified atom stereocenters. The second-order valence-corrected chi connectivity index (χ2v) is 7.07. The van der Waals surface area contributed by atoms with Crippen LogP contribution in [-0.4, -0.2) is 11.0 Å². The Labute approximate surface area is 180 Å². The zero-order valence-corrected chi connectivity index (χ0v) is 16.8. The van der Waals surface area contributed by atoms with E-state index in [-0.39, 0.29) is 28.3 Å². The van der Waals surface area contributed by atoms with E-state index in [4.69, 9.17) is 33.0 Å². The van der Waals surface area contributed by atoms with E-state index in [0.717, 1.165) is 0 Å². The van der Waals surface area contributed by atoms with E-state index >= 15 is 0 Å². The number of carbonyl (C=O) groups excluding carboxylic acids is 1. The van der Waals surface area contributed by atoms with Crippen molar-refractivity contribution in [3.63, 3.8) is 0 Å². The lowest BCUT2D eigenvalue weighted by Crippen LogP contribution is -2.30. The number of carbonyl (C=O) groups is 1. The molecule has 0 saturated carbocycles. The topological polar surface area (TPSA) is 54.7 Å². The summed E-state index contributed by atoms with van der Waals surface area (Å²) in [4.78, 5) is 14.0. The summed E-state index contributed by atoms with van der Waals surface area (Å²) in [6.45, 7) is 0.0899. The Hall–Kier alpha value is -3.23. The highest BCUT2D eigenvalue weighted by Gasteiger charge is 2.32. The molecule has 9 heteroatoms. The maximum atomic E-state index is 13.2. The third-order valence-corrected chi connectivity index (χ3v) is 4.78. The van der Waals surface area contributed by atoms with Gasteiger partial charge >= 0.3 is 0 Å². The minimum atomic E-state index is -0.530. The fourth-order valence-corrected chi connectivity index (χ4v) is 3.24. The highest BCUT2D eigenvalue weighted by atomic mass is 35.5. The molecule has 152 valence electrons. The van der Waals surface area contributed by atoms with Gasteiger partial charge < -0.3 is 14.5 Å². The van der Waals surface area contributed by atoms with Crippen molar-refractivity contribution in [2.75, 3.05) is 4.90 Å². The second-order valence-electron chi connectivity index (χ2n) is 6.27. The fraction of sp³-hybridized carbons (Fsp3) is 0.0476. The summed E-state index contributed by atoms with van der Waals surface area (Å²) >= 11 is 10.9. The number of nitrogens with one attached hydrogen (secondary N) is 1. The van der Waals surface area contributed by atoms with Gasteiger partial charge in [0.05, 0.1) is 10.7 Å². The van der Waals surface area contributed by atoms with Crippen LogP contribution in [0.2, 0.25) is 5.02 Å². The molecule has 0 radical (unpaired) electrons. The molecule has 1 aliphatic heterocycles. The largest absolute Gasteiger partial charge is 0.486 e. The molecule has 1 saturated heterocycles. The van der Waals surface area contributed by atoms with E-state index in [1.165, 1.54) is 53.4 Å². The lowest BCUT2D eigenvalue weighted by atomic mass is 10.2. The van der Waals surface area contributed by atoms with Crippen molar-refractivity contribution in [2.24, 2.45) is 0 Å². The Bertz CT molecular complexity index is 1160. The number of benzene rings is 2. The van der Waals surface area contributed by atoms with Gasteiger partial charge in [0.15, 0.2) is 5.11 Å². The van der Waals surface area contributed by atoms with Crippen LogP contribution in [0.1, 0.15) is 11.5 Å². The third-order valence-electron chi connectivity index (χ3n) is 4.20. The van der Waals surface area contributed by atoms with Gasteiger partial charge in [0.2, 0.25) is 0 Å². The molecule has 2 heterocycles. The second kappa shape index (κ2) is 8.25. The van der Waals surface area contributed by atoms with Crippen molar-refractivity contribution in [3.8, 4) is 5.75 Å². The molecule has 4 rings (SSSR count). The first kappa shape index (κ1) is 20.1. The van der Waals surface area contributed by atoms with Crippen molar-refractivity contribution in [3.05, 3.63) is 88.5 Å². The molecule has 1 aromatic heterocycles. The lowest BCUT2D eigenvalue weighted by molar-refractivity contribution is -0.113. The number of hydrogen-bond donors (Lipinski definition) is 1. The monoisotopic (exact) mass is 446 g/mol. The summed E-state index contributed by atoms with van der Waals surface area (Å²) in [6.07, 6.45) is 1.51. The van der Waals surface area contributed by atoms with Gasteiger partial charge in [-0.1, -0.05) is 11.6 Å². The number of hydrogen-bond acceptors (Lipinski definition) is 4. The first-order valence-corrected chi connectivity index (χ1v) is 9.48. The van der Waals surface area contributed by atoms with Crippen LogP contribution in [0.15, 0.2) is 64.7 Å². The number of rotatable bonds is 5. The molecule has 0 atom stereocenters. The highest BCUT2D eigenvalue weighted by Crippen LogP contribution is 2.24. The van der Waals surface area contributed by atoms with E-state index in [1.807, 2.05) is 0 Å². The van der Waals surface area contributed by atoms with Gasteiger partial charge in [0.25, 0.3) is 5.91 Å². The van der Waals surface area contributed by atoms with Gasteiger partial charge in [-0.15, -0.1) is 0 Å². The average Bonchev–Trinajstić information content (AvgIpc) is 3.28. The first-order chi connectivity index (χ1) is 14.4. The van der Waals surface area contributed by atoms with Crippen LogP contribution in [0.3, 0.4) is 0 Å². The van der Waals surface area contributed by atoms with Crippen molar-refractivity contribution >= 4 is 46.6 Å². The smallest absolute Gasteiger partial charge is 0.281 e. The van der Waals surface area contributed by atoms with Crippen LogP contribution >= 0.6 is 23.8 Å². The normalized spacial score (nSPS) is 15.0. The molecule has 1 fully saturated rings. The predicted octanol–water partition coefficient (Wildman–Crippen LogP) is 5.05. The zero-order valence-electron chi connectivity index (χ0n) is 15.2. The molecule has 1 amide bonds. The number of anilines is 1. The summed E-state index contributed by atoms with van der Waals surface area (Å²) in [5.74, 6) is -0.0333. The van der Waals surface area contributed by atoms with Crippen molar-refractivity contribution in [1.82, 2.24) is 5.32 Å². The molecule has 0 bridgehead atoms. The summed E-state index contributed by atoms with van der Waals surface area (Å²) in [7, 11) is 0. The summed E-state index contributed by atoms with van der Waals surface area (Å²) < 4.78 is 37.5. The van der Waals surface area contributed by atoms with Gasteiger partial charge in [-0.3, -0.25) is 9.69 Å². The molecule has 0 aliphatic carbocycles. The maximum absolute atomic E-state index is 13.2. The Morgan fingerprint density at radius 1 is 1.13 bits per heavy atom. The number of thiocarbonyl (C=S) groups is 1. The minimum absolute atomic E-state index is 0.0372. The minimum Gasteiger partial charge on any atom is -0.486 e. The standard InChI is InChI=1S/C21H13ClF2N2O3S/c22-17-9-14(7-8-18(17)24)28-11-16-6-5-15(29-16)10-19-20(27)26(21(30)25-19)13-3-1-12(23)2-4-13/h1-10H,11H2,(H,25,30)/b19-10+. The molecular formula is C21H13ClF2N2O3S. The molecular weight excluding hydrogens is 434 g/mol. The highest BCUT2D eigenvalue weighted by molar-refractivity contribution is 7.80. The molecule has 3 aromatic rings. The van der Waals surface area contributed by atoms with Crippen molar-refractivity contribution in [2.45, 2.75) is 6.61 Å². The quantitative estimate of drug-likeness (QED) is 0.439. The number of furan rings is 1. The number of halogens is 3. The van der Waals surface area contributed by atoms with Gasteiger partial charge in [-0.2, -0.15) is 0 Å². The summed E-state index contributed by atoms with van der Waals surface area (Å²) in [5, 5.41) is 2.97. The van der Waals surface area contributed by atoms with Crippen LogP contribution in [0.4, 0.5) is 14.5 Å². The Morgan fingerprint density at radius 2 is 1.90 bits per heavy atom. The maximum Gasteiger partial charge on any atom is 0.281 e. The van der Waals surface area contributed by atoms with Crippen LogP contribution in [-0.2, 0) is 11.4 Å². The zero-order chi connectivity index (χ0) is 21.3. The Morgan fingerprint density at radius 3 is 2.63 bits per heavy atom. The van der Waals surface area contributed by atoms with Gasteiger partial charge in [0, 0.05) is 12.1 Å². The lowest BCUT2D eigenvalue weighted by Gasteiger charge is -2.13. The molecule has 30 heavy (non-hydrogen) atoms. The van der Waals surface area contributed by atoms with E-state index in [2.05, 4.69) is 5.32 Å². The molecule has 0 spiro atoms. The molecule has 1 aliphatic rings. The predicted molar refractivity (Wildman–Crippen MR) is 112 cm³/mol.